The summed E-state index contributed by atoms with van der Waals surface area (Å²) >= 11 is 0. The molecule has 0 aliphatic heterocycles. The number of rotatable bonds is 7. The van der Waals surface area contributed by atoms with Crippen LogP contribution >= 0.6 is 0 Å². The van der Waals surface area contributed by atoms with Gasteiger partial charge in [-0.05, 0) is 66.8 Å². The molecule has 4 nitrogen and oxygen atoms in total. The van der Waals surface area contributed by atoms with E-state index in [2.05, 4.69) is 58.4 Å². The number of amides is 1. The van der Waals surface area contributed by atoms with Crippen LogP contribution in [0.2, 0.25) is 0 Å². The fraction of sp³-hybridized carbons (Fsp3) is 0.409. The lowest BCUT2D eigenvalue weighted by atomic mass is 10.1. The maximum absolute atomic E-state index is 12.5. The Morgan fingerprint density at radius 2 is 1.77 bits per heavy atom. The van der Waals surface area contributed by atoms with Gasteiger partial charge in [0, 0.05) is 32.0 Å². The SMILES string of the molecule is CCN(CC(=O)Nc1ccc2c(c1)CCC2)Cc1ccc(N(C)C)cc1. The molecular formula is C22H29N3O. The Morgan fingerprint density at radius 3 is 2.46 bits per heavy atom. The van der Waals surface area contributed by atoms with Gasteiger partial charge in [-0.3, -0.25) is 9.69 Å². The van der Waals surface area contributed by atoms with Gasteiger partial charge < -0.3 is 10.2 Å². The minimum absolute atomic E-state index is 0.0507. The molecule has 2 aromatic carbocycles. The fourth-order valence-corrected chi connectivity index (χ4v) is 3.49. The molecule has 0 unspecified atom stereocenters. The summed E-state index contributed by atoms with van der Waals surface area (Å²) in [5.41, 5.74) is 6.14. The molecule has 0 radical (unpaired) electrons. The number of anilines is 2. The smallest absolute Gasteiger partial charge is 0.238 e. The van der Waals surface area contributed by atoms with Crippen LogP contribution in [-0.4, -0.2) is 38.0 Å². The second kappa shape index (κ2) is 8.37. The molecule has 0 saturated carbocycles. The Bertz CT molecular complexity index is 752. The standard InChI is InChI=1S/C22H29N3O/c1-4-25(15-17-8-12-21(13-9-17)24(2)3)16-22(26)23-20-11-10-18-6-5-7-19(18)14-20/h8-14H,4-7,15-16H2,1-3H3,(H,23,26). The maximum atomic E-state index is 12.5. The van der Waals surface area contributed by atoms with Gasteiger partial charge in [0.05, 0.1) is 6.54 Å². The van der Waals surface area contributed by atoms with Gasteiger partial charge in [-0.25, -0.2) is 0 Å². The predicted octanol–water partition coefficient (Wildman–Crippen LogP) is 3.70. The molecular weight excluding hydrogens is 322 g/mol. The highest BCUT2D eigenvalue weighted by Crippen LogP contribution is 2.24. The van der Waals surface area contributed by atoms with E-state index in [4.69, 9.17) is 0 Å². The summed E-state index contributed by atoms with van der Waals surface area (Å²) in [6.07, 6.45) is 3.52. The average Bonchev–Trinajstić information content (AvgIpc) is 3.09. The number of hydrogen-bond acceptors (Lipinski definition) is 3. The summed E-state index contributed by atoms with van der Waals surface area (Å²) < 4.78 is 0. The summed E-state index contributed by atoms with van der Waals surface area (Å²) in [5, 5.41) is 3.06. The summed E-state index contributed by atoms with van der Waals surface area (Å²) in [4.78, 5) is 16.7. The van der Waals surface area contributed by atoms with Crippen molar-refractivity contribution in [3.63, 3.8) is 0 Å². The van der Waals surface area contributed by atoms with Gasteiger partial charge in [-0.2, -0.15) is 0 Å². The number of nitrogens with one attached hydrogen (secondary N) is 1. The van der Waals surface area contributed by atoms with Crippen LogP contribution < -0.4 is 10.2 Å². The van der Waals surface area contributed by atoms with Gasteiger partial charge in [0.25, 0.3) is 0 Å². The van der Waals surface area contributed by atoms with Crippen molar-refractivity contribution >= 4 is 17.3 Å². The molecule has 3 rings (SSSR count). The van der Waals surface area contributed by atoms with E-state index >= 15 is 0 Å². The summed E-state index contributed by atoms with van der Waals surface area (Å²) in [7, 11) is 4.08. The van der Waals surface area contributed by atoms with Crippen LogP contribution in [0.25, 0.3) is 0 Å². The number of carbonyl (C=O) groups excluding carboxylic acids is 1. The first-order chi connectivity index (χ1) is 12.5. The lowest BCUT2D eigenvalue weighted by Crippen LogP contribution is -2.32. The molecule has 0 fully saturated rings. The molecule has 1 aliphatic carbocycles. The van der Waals surface area contributed by atoms with E-state index in [-0.39, 0.29) is 5.91 Å². The summed E-state index contributed by atoms with van der Waals surface area (Å²) in [5.74, 6) is 0.0507. The average molecular weight is 351 g/mol. The second-order valence-corrected chi connectivity index (χ2v) is 7.25. The Kier molecular flexibility index (Phi) is 5.94. The first-order valence-corrected chi connectivity index (χ1v) is 9.45. The third kappa shape index (κ3) is 4.64. The molecule has 0 heterocycles. The van der Waals surface area contributed by atoms with Gasteiger partial charge in [0.1, 0.15) is 0 Å². The van der Waals surface area contributed by atoms with Crippen LogP contribution in [0.1, 0.15) is 30.0 Å². The van der Waals surface area contributed by atoms with Crippen LogP contribution in [0.15, 0.2) is 42.5 Å². The van der Waals surface area contributed by atoms with Gasteiger partial charge in [0.2, 0.25) is 5.91 Å². The number of benzene rings is 2. The third-order valence-electron chi connectivity index (χ3n) is 5.06. The van der Waals surface area contributed by atoms with Crippen LogP contribution in [0.4, 0.5) is 11.4 Å². The van der Waals surface area contributed by atoms with Gasteiger partial charge in [0.15, 0.2) is 0 Å². The first kappa shape index (κ1) is 18.5. The molecule has 0 bridgehead atoms. The van der Waals surface area contributed by atoms with E-state index in [9.17, 15) is 4.79 Å². The highest BCUT2D eigenvalue weighted by molar-refractivity contribution is 5.92. The van der Waals surface area contributed by atoms with Crippen molar-refractivity contribution in [3.05, 3.63) is 59.2 Å². The maximum Gasteiger partial charge on any atom is 0.238 e. The Morgan fingerprint density at radius 1 is 1.04 bits per heavy atom. The number of fused-ring (bicyclic) bond motifs is 1. The summed E-state index contributed by atoms with van der Waals surface area (Å²) in [6, 6.07) is 14.8. The quantitative estimate of drug-likeness (QED) is 0.826. The monoisotopic (exact) mass is 351 g/mol. The zero-order chi connectivity index (χ0) is 18.5. The second-order valence-electron chi connectivity index (χ2n) is 7.25. The van der Waals surface area contributed by atoms with Crippen LogP contribution in [-0.2, 0) is 24.2 Å². The highest BCUT2D eigenvalue weighted by Gasteiger charge is 2.13. The number of hydrogen-bond donors (Lipinski definition) is 1. The van der Waals surface area contributed by atoms with Crippen LogP contribution in [0.3, 0.4) is 0 Å². The van der Waals surface area contributed by atoms with Crippen molar-refractivity contribution in [1.82, 2.24) is 4.90 Å². The molecule has 0 spiro atoms. The van der Waals surface area contributed by atoms with Gasteiger partial charge in [-0.1, -0.05) is 25.1 Å². The van der Waals surface area contributed by atoms with Crippen molar-refractivity contribution < 1.29 is 4.79 Å². The fourth-order valence-electron chi connectivity index (χ4n) is 3.49. The minimum Gasteiger partial charge on any atom is -0.378 e. The molecule has 2 aromatic rings. The van der Waals surface area contributed by atoms with Gasteiger partial charge in [-0.15, -0.1) is 0 Å². The van der Waals surface area contributed by atoms with E-state index in [1.54, 1.807) is 0 Å². The van der Waals surface area contributed by atoms with Gasteiger partial charge >= 0.3 is 0 Å². The number of nitrogens with zero attached hydrogens (tertiary/aromatic N) is 2. The number of likely N-dealkylation sites (N-methyl/N-ethyl adjacent to an activating group) is 1. The number of aryl methyl sites for hydroxylation is 2. The van der Waals surface area contributed by atoms with Crippen molar-refractivity contribution in [1.29, 1.82) is 0 Å². The molecule has 4 heteroatoms. The Balaban J connectivity index is 1.56. The van der Waals surface area contributed by atoms with Crippen molar-refractivity contribution in [2.75, 3.05) is 37.4 Å². The van der Waals surface area contributed by atoms with E-state index in [0.29, 0.717) is 6.54 Å². The largest absolute Gasteiger partial charge is 0.378 e. The molecule has 1 N–H and O–H groups in total. The zero-order valence-electron chi connectivity index (χ0n) is 16.1. The molecule has 0 aromatic heterocycles. The van der Waals surface area contributed by atoms with Crippen molar-refractivity contribution in [3.8, 4) is 0 Å². The lowest BCUT2D eigenvalue weighted by molar-refractivity contribution is -0.117. The van der Waals surface area contributed by atoms with E-state index in [0.717, 1.165) is 25.2 Å². The number of carbonyl (C=O) groups is 1. The predicted molar refractivity (Wildman–Crippen MR) is 109 cm³/mol. The third-order valence-corrected chi connectivity index (χ3v) is 5.06. The van der Waals surface area contributed by atoms with Crippen LogP contribution in [0, 0.1) is 0 Å². The molecule has 0 atom stereocenters. The van der Waals surface area contributed by atoms with Crippen molar-refractivity contribution in [2.24, 2.45) is 0 Å². The van der Waals surface area contributed by atoms with Crippen molar-refractivity contribution in [2.45, 2.75) is 32.7 Å². The van der Waals surface area contributed by atoms with E-state index < -0.39 is 0 Å². The van der Waals surface area contributed by atoms with E-state index in [1.807, 2.05) is 20.2 Å². The normalized spacial score (nSPS) is 12.9. The van der Waals surface area contributed by atoms with E-state index in [1.165, 1.54) is 35.2 Å². The molecule has 26 heavy (non-hydrogen) atoms. The lowest BCUT2D eigenvalue weighted by Gasteiger charge is -2.21. The van der Waals surface area contributed by atoms with Crippen LogP contribution in [0.5, 0.6) is 0 Å². The summed E-state index contributed by atoms with van der Waals surface area (Å²) in [6.45, 7) is 4.12. The Hall–Kier alpha value is -2.33. The molecule has 138 valence electrons. The molecule has 0 saturated heterocycles. The topological polar surface area (TPSA) is 35.6 Å². The molecule has 1 amide bonds. The zero-order valence-corrected chi connectivity index (χ0v) is 16.1. The highest BCUT2D eigenvalue weighted by atomic mass is 16.2. The Labute approximate surface area is 156 Å². The first-order valence-electron chi connectivity index (χ1n) is 9.45. The minimum atomic E-state index is 0.0507. The molecule has 1 aliphatic rings.